The number of hydrogen-bond donors (Lipinski definition) is 0. The Kier molecular flexibility index (Phi) is 10.2. The van der Waals surface area contributed by atoms with Gasteiger partial charge in [0.2, 0.25) is 23.7 Å². The molecule has 2 atom stereocenters. The van der Waals surface area contributed by atoms with Crippen LogP contribution >= 0.6 is 23.2 Å². The third kappa shape index (κ3) is 6.91. The molecule has 10 heteroatoms. The van der Waals surface area contributed by atoms with Crippen molar-refractivity contribution in [3.8, 4) is 0 Å². The van der Waals surface area contributed by atoms with E-state index in [1.807, 2.05) is 0 Å². The molecule has 8 nitrogen and oxygen atoms in total. The molecule has 39 heavy (non-hydrogen) atoms. The molecule has 0 unspecified atom stereocenters. The van der Waals surface area contributed by atoms with Crippen LogP contribution in [0.1, 0.15) is 68.5 Å². The van der Waals surface area contributed by atoms with Gasteiger partial charge in [0.05, 0.1) is 11.4 Å². The normalized spacial score (nSPS) is 21.5. The second kappa shape index (κ2) is 13.6. The Labute approximate surface area is 242 Å². The fourth-order valence-electron chi connectivity index (χ4n) is 6.36. The van der Waals surface area contributed by atoms with Crippen molar-refractivity contribution in [1.29, 1.82) is 0 Å². The van der Waals surface area contributed by atoms with Crippen LogP contribution in [-0.4, -0.2) is 59.2 Å². The van der Waals surface area contributed by atoms with Gasteiger partial charge in [-0.2, -0.15) is 0 Å². The highest BCUT2D eigenvalue weighted by atomic mass is 35.5. The summed E-state index contributed by atoms with van der Waals surface area (Å²) in [6.45, 7) is 19.2. The Balaban J connectivity index is 0.000000176. The lowest BCUT2D eigenvalue weighted by molar-refractivity contribution is 0.436. The summed E-state index contributed by atoms with van der Waals surface area (Å²) >= 11 is 12.1. The third-order valence-corrected chi connectivity index (χ3v) is 8.44. The van der Waals surface area contributed by atoms with Gasteiger partial charge < -0.3 is 19.5 Å². The number of rotatable bonds is 4. The highest BCUT2D eigenvalue weighted by Crippen LogP contribution is 2.33. The largest absolute Gasteiger partial charge is 0.356 e. The van der Waals surface area contributed by atoms with Crippen LogP contribution in [0.5, 0.6) is 0 Å². The van der Waals surface area contributed by atoms with Crippen molar-refractivity contribution in [2.45, 2.75) is 71.6 Å². The molecule has 0 N–H and O–H groups in total. The summed E-state index contributed by atoms with van der Waals surface area (Å²) < 4.78 is 0. The van der Waals surface area contributed by atoms with Crippen LogP contribution in [0.15, 0.2) is 0 Å². The first kappa shape index (κ1) is 29.3. The SMILES string of the molecule is C.[C-]#[N+]C[C@@H]1CCCN(c2nc(Cl)nc3c2CCC3)C1.[C-]#[N+]C[C@@H]1CCCN(c2nc(Cl)nc3c2CCC3)C1. The van der Waals surface area contributed by atoms with E-state index in [0.717, 1.165) is 113 Å². The molecule has 2 aromatic rings. The molecule has 6 rings (SSSR count). The van der Waals surface area contributed by atoms with Gasteiger partial charge in [-0.25, -0.2) is 33.1 Å². The van der Waals surface area contributed by atoms with Gasteiger partial charge >= 0.3 is 0 Å². The molecule has 0 aromatic carbocycles. The van der Waals surface area contributed by atoms with Crippen molar-refractivity contribution < 1.29 is 0 Å². The van der Waals surface area contributed by atoms with E-state index in [2.05, 4.69) is 39.4 Å². The van der Waals surface area contributed by atoms with Crippen LogP contribution in [-0.2, 0) is 25.7 Å². The van der Waals surface area contributed by atoms with E-state index in [9.17, 15) is 0 Å². The van der Waals surface area contributed by atoms with Crippen molar-refractivity contribution in [3.63, 3.8) is 0 Å². The number of aromatic nitrogens is 4. The zero-order valence-electron chi connectivity index (χ0n) is 21.8. The van der Waals surface area contributed by atoms with Gasteiger partial charge in [0.15, 0.2) is 0 Å². The van der Waals surface area contributed by atoms with E-state index >= 15 is 0 Å². The van der Waals surface area contributed by atoms with Gasteiger partial charge in [0.1, 0.15) is 11.6 Å². The van der Waals surface area contributed by atoms with Crippen molar-refractivity contribution in [2.24, 2.45) is 11.8 Å². The number of nitrogens with zero attached hydrogens (tertiary/aromatic N) is 8. The summed E-state index contributed by atoms with van der Waals surface area (Å²) in [5.41, 5.74) is 4.82. The molecule has 208 valence electrons. The minimum Gasteiger partial charge on any atom is -0.356 e. The first-order valence-electron chi connectivity index (χ1n) is 13.8. The molecule has 0 spiro atoms. The molecule has 2 aliphatic carbocycles. The van der Waals surface area contributed by atoms with Gasteiger partial charge in [0, 0.05) is 49.1 Å². The minimum absolute atomic E-state index is 0. The van der Waals surface area contributed by atoms with Gasteiger partial charge in [-0.05, 0) is 87.4 Å². The van der Waals surface area contributed by atoms with Crippen molar-refractivity contribution in [2.75, 3.05) is 49.1 Å². The molecule has 0 amide bonds. The fourth-order valence-corrected chi connectivity index (χ4v) is 6.72. The quantitative estimate of drug-likeness (QED) is 0.325. The van der Waals surface area contributed by atoms with E-state index < -0.39 is 0 Å². The van der Waals surface area contributed by atoms with Crippen LogP contribution in [0.4, 0.5) is 11.6 Å². The highest BCUT2D eigenvalue weighted by Gasteiger charge is 2.29. The second-order valence-electron chi connectivity index (χ2n) is 10.8. The number of hydrogen-bond acceptors (Lipinski definition) is 6. The van der Waals surface area contributed by atoms with Crippen LogP contribution in [0.25, 0.3) is 9.69 Å². The average molecular weight is 570 g/mol. The summed E-state index contributed by atoms with van der Waals surface area (Å²) in [5, 5.41) is 0.728. The maximum atomic E-state index is 7.03. The summed E-state index contributed by atoms with van der Waals surface area (Å²) in [5.74, 6) is 3.00. The van der Waals surface area contributed by atoms with Crippen molar-refractivity contribution in [1.82, 2.24) is 19.9 Å². The monoisotopic (exact) mass is 568 g/mol. The number of aryl methyl sites for hydroxylation is 2. The van der Waals surface area contributed by atoms with E-state index in [4.69, 9.17) is 36.3 Å². The van der Waals surface area contributed by atoms with Crippen LogP contribution in [0.2, 0.25) is 10.6 Å². The van der Waals surface area contributed by atoms with Gasteiger partial charge in [-0.15, -0.1) is 0 Å². The lowest BCUT2D eigenvalue weighted by atomic mass is 9.98. The average Bonchev–Trinajstić information content (AvgIpc) is 3.58. The molecule has 0 radical (unpaired) electrons. The third-order valence-electron chi connectivity index (χ3n) is 8.10. The van der Waals surface area contributed by atoms with Crippen LogP contribution in [0, 0.1) is 25.0 Å². The fraction of sp³-hybridized carbons (Fsp3) is 0.655. The lowest BCUT2D eigenvalue weighted by Gasteiger charge is -2.32. The van der Waals surface area contributed by atoms with Crippen LogP contribution < -0.4 is 9.80 Å². The number of fused-ring (bicyclic) bond motifs is 2. The molecule has 2 saturated heterocycles. The van der Waals surface area contributed by atoms with Gasteiger partial charge in [-0.3, -0.25) is 0 Å². The number of piperidine rings is 2. The van der Waals surface area contributed by atoms with Crippen molar-refractivity contribution in [3.05, 3.63) is 55.9 Å². The van der Waals surface area contributed by atoms with Crippen molar-refractivity contribution >= 4 is 34.8 Å². The maximum absolute atomic E-state index is 7.03. The molecule has 2 fully saturated rings. The Morgan fingerprint density at radius 2 is 1.10 bits per heavy atom. The number of anilines is 2. The van der Waals surface area contributed by atoms with E-state index in [1.54, 1.807) is 0 Å². The Morgan fingerprint density at radius 3 is 1.51 bits per heavy atom. The molecule has 2 aromatic heterocycles. The zero-order chi connectivity index (χ0) is 26.5. The standard InChI is InChI=1S/2C14H17ClN4.CH4/c2*1-16-8-10-4-3-7-19(9-10)13-11-5-2-6-12(11)17-14(15)18-13;/h2*10H,2-9H2;1H4/t2*10-;/m00./s1. The topological polar surface area (TPSA) is 66.8 Å². The van der Waals surface area contributed by atoms with E-state index in [0.29, 0.717) is 35.5 Å². The van der Waals surface area contributed by atoms with Gasteiger partial charge in [-0.1, -0.05) is 7.43 Å². The molecular weight excluding hydrogens is 531 g/mol. The Morgan fingerprint density at radius 1 is 0.667 bits per heavy atom. The first-order valence-corrected chi connectivity index (χ1v) is 14.6. The number of halogens is 2. The lowest BCUT2D eigenvalue weighted by Crippen LogP contribution is -2.37. The summed E-state index contributed by atoms with van der Waals surface area (Å²) in [6.07, 6.45) is 11.0. The zero-order valence-corrected chi connectivity index (χ0v) is 23.3. The molecule has 2 aliphatic heterocycles. The predicted octanol–water partition coefficient (Wildman–Crippen LogP) is 6.14. The Bertz CT molecular complexity index is 1140. The predicted molar refractivity (Wildman–Crippen MR) is 158 cm³/mol. The summed E-state index contributed by atoms with van der Waals surface area (Å²) in [7, 11) is 0. The smallest absolute Gasteiger partial charge is 0.224 e. The van der Waals surface area contributed by atoms with E-state index in [1.165, 1.54) is 11.1 Å². The van der Waals surface area contributed by atoms with E-state index in [-0.39, 0.29) is 7.43 Å². The van der Waals surface area contributed by atoms with Crippen LogP contribution in [0.3, 0.4) is 0 Å². The molecule has 0 bridgehead atoms. The maximum Gasteiger partial charge on any atom is 0.224 e. The first-order chi connectivity index (χ1) is 18.6. The second-order valence-corrected chi connectivity index (χ2v) is 11.5. The highest BCUT2D eigenvalue weighted by molar-refractivity contribution is 6.28. The van der Waals surface area contributed by atoms with Gasteiger partial charge in [0.25, 0.3) is 0 Å². The molecule has 4 aliphatic rings. The summed E-state index contributed by atoms with van der Waals surface area (Å²) in [6, 6.07) is 0. The molecular formula is C29H38Cl2N8. The molecule has 0 saturated carbocycles. The summed E-state index contributed by atoms with van der Waals surface area (Å²) in [4.78, 5) is 29.3. The molecule has 4 heterocycles. The minimum atomic E-state index is 0. The Hall–Kier alpha value is -2.68.